The monoisotopic (exact) mass is 354 g/mol. The second-order valence-corrected chi connectivity index (χ2v) is 6.42. The first-order valence-electron chi connectivity index (χ1n) is 8.82. The maximum absolute atomic E-state index is 5.95. The van der Waals surface area contributed by atoms with E-state index in [1.807, 2.05) is 55.4 Å². The standard InChI is InChI=1S/C19H26N6O/c1-20-19(22-13-15-7-6-8-17(23-15)24(2)3)25-12-10-16(14-25)26-18-9-4-5-11-21-18/h4-9,11,16H,10,12-14H2,1-3H3,(H,20,22). The zero-order valence-corrected chi connectivity index (χ0v) is 15.6. The van der Waals surface area contributed by atoms with Gasteiger partial charge in [0, 0.05) is 46.4 Å². The summed E-state index contributed by atoms with van der Waals surface area (Å²) in [5.41, 5.74) is 0.984. The zero-order chi connectivity index (χ0) is 18.4. The van der Waals surface area contributed by atoms with Crippen LogP contribution in [-0.4, -0.2) is 61.2 Å². The van der Waals surface area contributed by atoms with E-state index in [0.29, 0.717) is 12.4 Å². The van der Waals surface area contributed by atoms with Crippen LogP contribution in [-0.2, 0) is 6.54 Å². The molecule has 0 aromatic carbocycles. The Morgan fingerprint density at radius 1 is 1.31 bits per heavy atom. The number of aliphatic imine (C=N–C) groups is 1. The molecule has 26 heavy (non-hydrogen) atoms. The van der Waals surface area contributed by atoms with Gasteiger partial charge in [0.15, 0.2) is 5.96 Å². The van der Waals surface area contributed by atoms with Gasteiger partial charge in [-0.05, 0) is 18.2 Å². The van der Waals surface area contributed by atoms with Gasteiger partial charge in [-0.25, -0.2) is 9.97 Å². The number of aromatic nitrogens is 2. The Morgan fingerprint density at radius 2 is 2.19 bits per heavy atom. The number of likely N-dealkylation sites (tertiary alicyclic amines) is 1. The Kier molecular flexibility index (Phi) is 5.88. The third-order valence-electron chi connectivity index (χ3n) is 4.26. The van der Waals surface area contributed by atoms with Crippen LogP contribution in [0.1, 0.15) is 12.1 Å². The summed E-state index contributed by atoms with van der Waals surface area (Å²) in [7, 11) is 5.79. The lowest BCUT2D eigenvalue weighted by Crippen LogP contribution is -2.40. The van der Waals surface area contributed by atoms with Crippen LogP contribution >= 0.6 is 0 Å². The molecule has 0 bridgehead atoms. The molecule has 0 saturated carbocycles. The SMILES string of the molecule is CN=C(NCc1cccc(N(C)C)n1)N1CCC(Oc2ccccn2)C1. The normalized spacial score (nSPS) is 17.3. The van der Waals surface area contributed by atoms with Gasteiger partial charge in [0.05, 0.1) is 18.8 Å². The Labute approximate surface area is 154 Å². The molecule has 2 aromatic heterocycles. The number of rotatable bonds is 5. The van der Waals surface area contributed by atoms with Gasteiger partial charge in [0.2, 0.25) is 5.88 Å². The Bertz CT molecular complexity index is 734. The fraction of sp³-hybridized carbons (Fsp3) is 0.421. The minimum atomic E-state index is 0.124. The highest BCUT2D eigenvalue weighted by Gasteiger charge is 2.26. The minimum Gasteiger partial charge on any atom is -0.472 e. The molecule has 2 aromatic rings. The molecule has 1 saturated heterocycles. The van der Waals surface area contributed by atoms with E-state index in [1.54, 1.807) is 13.2 Å². The molecule has 3 rings (SSSR count). The summed E-state index contributed by atoms with van der Waals surface area (Å²) in [6.07, 6.45) is 2.82. The highest BCUT2D eigenvalue weighted by molar-refractivity contribution is 5.80. The van der Waals surface area contributed by atoms with E-state index in [1.165, 1.54) is 0 Å². The third-order valence-corrected chi connectivity index (χ3v) is 4.26. The van der Waals surface area contributed by atoms with E-state index in [0.717, 1.165) is 37.0 Å². The van der Waals surface area contributed by atoms with Crippen LogP contribution < -0.4 is 15.0 Å². The fourth-order valence-electron chi connectivity index (χ4n) is 2.92. The molecule has 1 N–H and O–H groups in total. The molecule has 3 heterocycles. The van der Waals surface area contributed by atoms with Crippen molar-refractivity contribution in [2.24, 2.45) is 4.99 Å². The number of pyridine rings is 2. The summed E-state index contributed by atoms with van der Waals surface area (Å²) in [4.78, 5) is 17.5. The maximum atomic E-state index is 5.95. The van der Waals surface area contributed by atoms with E-state index in [9.17, 15) is 0 Å². The number of hydrogen-bond acceptors (Lipinski definition) is 5. The minimum absolute atomic E-state index is 0.124. The van der Waals surface area contributed by atoms with Gasteiger partial charge in [-0.2, -0.15) is 0 Å². The van der Waals surface area contributed by atoms with Crippen LogP contribution in [0.25, 0.3) is 0 Å². The van der Waals surface area contributed by atoms with Crippen molar-refractivity contribution in [2.75, 3.05) is 39.1 Å². The van der Waals surface area contributed by atoms with Crippen LogP contribution in [0.15, 0.2) is 47.6 Å². The molecule has 1 unspecified atom stereocenters. The lowest BCUT2D eigenvalue weighted by molar-refractivity contribution is 0.205. The van der Waals surface area contributed by atoms with E-state index in [2.05, 4.69) is 25.2 Å². The van der Waals surface area contributed by atoms with E-state index in [4.69, 9.17) is 4.74 Å². The van der Waals surface area contributed by atoms with E-state index >= 15 is 0 Å². The Hall–Kier alpha value is -2.83. The molecule has 138 valence electrons. The van der Waals surface area contributed by atoms with Crippen LogP contribution in [0.4, 0.5) is 5.82 Å². The summed E-state index contributed by atoms with van der Waals surface area (Å²) in [6.45, 7) is 2.33. The molecular formula is C19H26N6O. The first-order valence-corrected chi connectivity index (χ1v) is 8.82. The molecule has 1 aliphatic heterocycles. The molecule has 1 aliphatic rings. The molecular weight excluding hydrogens is 328 g/mol. The average molecular weight is 354 g/mol. The van der Waals surface area contributed by atoms with Gasteiger partial charge in [-0.15, -0.1) is 0 Å². The molecule has 0 radical (unpaired) electrons. The van der Waals surface area contributed by atoms with E-state index < -0.39 is 0 Å². The summed E-state index contributed by atoms with van der Waals surface area (Å²) < 4.78 is 5.95. The number of nitrogens with one attached hydrogen (secondary N) is 1. The predicted octanol–water partition coefficient (Wildman–Crippen LogP) is 1.77. The number of ether oxygens (including phenoxy) is 1. The summed E-state index contributed by atoms with van der Waals surface area (Å²) in [5, 5.41) is 3.40. The van der Waals surface area contributed by atoms with Gasteiger partial charge in [-0.3, -0.25) is 4.99 Å². The lowest BCUT2D eigenvalue weighted by Gasteiger charge is -2.22. The molecule has 1 atom stereocenters. The number of guanidine groups is 1. The molecule has 7 heteroatoms. The van der Waals surface area contributed by atoms with Crippen molar-refractivity contribution in [3.63, 3.8) is 0 Å². The van der Waals surface area contributed by atoms with Gasteiger partial charge in [0.25, 0.3) is 0 Å². The predicted molar refractivity (Wildman–Crippen MR) is 104 cm³/mol. The molecule has 0 spiro atoms. The number of nitrogens with zero attached hydrogens (tertiary/aromatic N) is 5. The van der Waals surface area contributed by atoms with Crippen LogP contribution in [0, 0.1) is 0 Å². The Balaban J connectivity index is 1.54. The van der Waals surface area contributed by atoms with Crippen LogP contribution in [0.2, 0.25) is 0 Å². The third kappa shape index (κ3) is 4.62. The van der Waals surface area contributed by atoms with Gasteiger partial charge >= 0.3 is 0 Å². The number of hydrogen-bond donors (Lipinski definition) is 1. The highest BCUT2D eigenvalue weighted by atomic mass is 16.5. The average Bonchev–Trinajstić information content (AvgIpc) is 3.11. The van der Waals surface area contributed by atoms with Gasteiger partial charge in [-0.1, -0.05) is 12.1 Å². The second-order valence-electron chi connectivity index (χ2n) is 6.42. The van der Waals surface area contributed by atoms with Crippen LogP contribution in [0.5, 0.6) is 5.88 Å². The van der Waals surface area contributed by atoms with Gasteiger partial charge < -0.3 is 19.9 Å². The number of anilines is 1. The molecule has 0 aliphatic carbocycles. The lowest BCUT2D eigenvalue weighted by atomic mass is 10.3. The summed E-state index contributed by atoms with van der Waals surface area (Å²) >= 11 is 0. The van der Waals surface area contributed by atoms with Crippen molar-refractivity contribution in [3.8, 4) is 5.88 Å². The Morgan fingerprint density at radius 3 is 2.92 bits per heavy atom. The smallest absolute Gasteiger partial charge is 0.213 e. The van der Waals surface area contributed by atoms with Crippen molar-refractivity contribution < 1.29 is 4.74 Å². The van der Waals surface area contributed by atoms with Crippen molar-refractivity contribution in [1.29, 1.82) is 0 Å². The molecule has 0 amide bonds. The van der Waals surface area contributed by atoms with E-state index in [-0.39, 0.29) is 6.10 Å². The zero-order valence-electron chi connectivity index (χ0n) is 15.6. The maximum Gasteiger partial charge on any atom is 0.213 e. The first kappa shape index (κ1) is 18.0. The van der Waals surface area contributed by atoms with Crippen molar-refractivity contribution >= 4 is 11.8 Å². The van der Waals surface area contributed by atoms with Crippen molar-refractivity contribution in [1.82, 2.24) is 20.2 Å². The van der Waals surface area contributed by atoms with Crippen molar-refractivity contribution in [3.05, 3.63) is 48.3 Å². The second kappa shape index (κ2) is 8.51. The first-order chi connectivity index (χ1) is 12.7. The van der Waals surface area contributed by atoms with Crippen molar-refractivity contribution in [2.45, 2.75) is 19.1 Å². The molecule has 1 fully saturated rings. The molecule has 7 nitrogen and oxygen atoms in total. The van der Waals surface area contributed by atoms with Gasteiger partial charge in [0.1, 0.15) is 11.9 Å². The topological polar surface area (TPSA) is 65.9 Å². The fourth-order valence-corrected chi connectivity index (χ4v) is 2.92. The van der Waals surface area contributed by atoms with Crippen LogP contribution in [0.3, 0.4) is 0 Å². The highest BCUT2D eigenvalue weighted by Crippen LogP contribution is 2.16. The largest absolute Gasteiger partial charge is 0.472 e. The summed E-state index contributed by atoms with van der Waals surface area (Å²) in [5.74, 6) is 2.49. The summed E-state index contributed by atoms with van der Waals surface area (Å²) in [6, 6.07) is 11.7. The quantitative estimate of drug-likeness (QED) is 0.652.